The van der Waals surface area contributed by atoms with Crippen LogP contribution < -0.4 is 4.72 Å². The molecule has 1 aromatic heterocycles. The maximum absolute atomic E-state index is 11.9. The summed E-state index contributed by atoms with van der Waals surface area (Å²) in [6.07, 6.45) is 0.508. The Morgan fingerprint density at radius 2 is 2.12 bits per heavy atom. The van der Waals surface area contributed by atoms with E-state index < -0.39 is 16.1 Å². The first-order chi connectivity index (χ1) is 7.88. The molecule has 0 fully saturated rings. The van der Waals surface area contributed by atoms with E-state index in [2.05, 4.69) is 9.88 Å². The number of nitrogens with one attached hydrogen (secondary N) is 1. The van der Waals surface area contributed by atoms with E-state index in [1.54, 1.807) is 13.8 Å². The molecule has 1 aromatic rings. The molecule has 0 amide bonds. The number of rotatable bonds is 6. The van der Waals surface area contributed by atoms with Crippen LogP contribution in [0.1, 0.15) is 31.2 Å². The first-order valence-electron chi connectivity index (χ1n) is 5.49. The largest absolute Gasteiger partial charge is 0.393 e. The molecule has 0 radical (unpaired) electrons. The van der Waals surface area contributed by atoms with E-state index in [9.17, 15) is 13.5 Å². The molecule has 17 heavy (non-hydrogen) atoms. The summed E-state index contributed by atoms with van der Waals surface area (Å²) in [7, 11) is -3.60. The number of aromatic nitrogens is 1. The van der Waals surface area contributed by atoms with E-state index in [1.165, 1.54) is 0 Å². The van der Waals surface area contributed by atoms with Crippen LogP contribution in [0, 0.1) is 13.8 Å². The number of nitrogens with zero attached hydrogens (tertiary/aromatic N) is 1. The molecule has 0 bridgehead atoms. The summed E-state index contributed by atoms with van der Waals surface area (Å²) in [5.41, 5.74) is 0.339. The van der Waals surface area contributed by atoms with Crippen molar-refractivity contribution in [3.05, 3.63) is 11.5 Å². The first kappa shape index (κ1) is 14.1. The fourth-order valence-electron chi connectivity index (χ4n) is 1.49. The van der Waals surface area contributed by atoms with Gasteiger partial charge in [0.2, 0.25) is 10.0 Å². The normalized spacial score (nSPS) is 13.9. The lowest BCUT2D eigenvalue weighted by atomic mass is 10.2. The van der Waals surface area contributed by atoms with E-state index in [0.29, 0.717) is 18.5 Å². The number of aliphatic hydroxyl groups is 1. The quantitative estimate of drug-likeness (QED) is 0.788. The molecule has 6 nitrogen and oxygen atoms in total. The standard InChI is InChI=1S/C10H18N2O4S/c1-4-9(13)5-6-11-17(14,15)10-7(2)12-16-8(10)3/h9,11,13H,4-6H2,1-3H3. The monoisotopic (exact) mass is 262 g/mol. The van der Waals surface area contributed by atoms with Gasteiger partial charge in [0, 0.05) is 6.54 Å². The fourth-order valence-corrected chi connectivity index (χ4v) is 2.87. The molecule has 98 valence electrons. The molecule has 2 N–H and O–H groups in total. The van der Waals surface area contributed by atoms with Gasteiger partial charge in [0.25, 0.3) is 0 Å². The minimum absolute atomic E-state index is 0.0866. The van der Waals surface area contributed by atoms with Gasteiger partial charge in [-0.15, -0.1) is 0 Å². The Hall–Kier alpha value is -0.920. The van der Waals surface area contributed by atoms with Crippen LogP contribution in [-0.4, -0.2) is 31.3 Å². The van der Waals surface area contributed by atoms with Crippen LogP contribution in [0.4, 0.5) is 0 Å². The molecule has 0 saturated heterocycles. The van der Waals surface area contributed by atoms with Crippen molar-refractivity contribution in [2.75, 3.05) is 6.54 Å². The molecule has 0 spiro atoms. The smallest absolute Gasteiger partial charge is 0.245 e. The highest BCUT2D eigenvalue weighted by Crippen LogP contribution is 2.18. The van der Waals surface area contributed by atoms with Crippen molar-refractivity contribution in [3.8, 4) is 0 Å². The molecular weight excluding hydrogens is 244 g/mol. The van der Waals surface area contributed by atoms with Crippen molar-refractivity contribution < 1.29 is 18.0 Å². The first-order valence-corrected chi connectivity index (χ1v) is 6.97. The molecule has 0 aliphatic heterocycles. The summed E-state index contributed by atoms with van der Waals surface area (Å²) >= 11 is 0. The second-order valence-electron chi connectivity index (χ2n) is 3.90. The van der Waals surface area contributed by atoms with Gasteiger partial charge in [-0.2, -0.15) is 0 Å². The topological polar surface area (TPSA) is 92.4 Å². The average molecular weight is 262 g/mol. The van der Waals surface area contributed by atoms with E-state index in [1.807, 2.05) is 6.92 Å². The third-order valence-electron chi connectivity index (χ3n) is 2.48. The van der Waals surface area contributed by atoms with Gasteiger partial charge in [-0.1, -0.05) is 12.1 Å². The highest BCUT2D eigenvalue weighted by molar-refractivity contribution is 7.89. The van der Waals surface area contributed by atoms with Gasteiger partial charge in [-0.3, -0.25) is 0 Å². The molecular formula is C10H18N2O4S. The summed E-state index contributed by atoms with van der Waals surface area (Å²) in [5.74, 6) is 0.269. The van der Waals surface area contributed by atoms with E-state index >= 15 is 0 Å². The predicted octanol–water partition coefficient (Wildman–Crippen LogP) is 0.731. The molecule has 1 rings (SSSR count). The fraction of sp³-hybridized carbons (Fsp3) is 0.700. The van der Waals surface area contributed by atoms with Crippen LogP contribution in [0.5, 0.6) is 0 Å². The zero-order valence-corrected chi connectivity index (χ0v) is 11.0. The number of hydrogen-bond donors (Lipinski definition) is 2. The maximum Gasteiger partial charge on any atom is 0.245 e. The second kappa shape index (κ2) is 5.61. The minimum Gasteiger partial charge on any atom is -0.393 e. The van der Waals surface area contributed by atoms with Crippen LogP contribution in [0.2, 0.25) is 0 Å². The Bertz CT molecular complexity index is 447. The Balaban J connectivity index is 2.70. The summed E-state index contributed by atoms with van der Waals surface area (Å²) in [6, 6.07) is 0. The molecule has 7 heteroatoms. The zero-order chi connectivity index (χ0) is 13.1. The van der Waals surface area contributed by atoms with Gasteiger partial charge in [0.05, 0.1) is 6.10 Å². The number of aryl methyl sites for hydroxylation is 2. The number of aliphatic hydroxyl groups excluding tert-OH is 1. The summed E-state index contributed by atoms with van der Waals surface area (Å²) in [6.45, 7) is 5.16. The molecule has 1 heterocycles. The lowest BCUT2D eigenvalue weighted by Gasteiger charge is -2.09. The van der Waals surface area contributed by atoms with Crippen LogP contribution in [0.3, 0.4) is 0 Å². The van der Waals surface area contributed by atoms with E-state index in [0.717, 1.165) is 0 Å². The van der Waals surface area contributed by atoms with Gasteiger partial charge < -0.3 is 9.63 Å². The minimum atomic E-state index is -3.60. The van der Waals surface area contributed by atoms with Crippen molar-refractivity contribution in [3.63, 3.8) is 0 Å². The van der Waals surface area contributed by atoms with Gasteiger partial charge in [-0.05, 0) is 26.7 Å². The third kappa shape index (κ3) is 3.52. The molecule has 0 saturated carbocycles. The van der Waals surface area contributed by atoms with E-state index in [-0.39, 0.29) is 17.2 Å². The molecule has 0 aromatic carbocycles. The average Bonchev–Trinajstić information content (AvgIpc) is 2.58. The van der Waals surface area contributed by atoms with E-state index in [4.69, 9.17) is 4.52 Å². The number of hydrogen-bond acceptors (Lipinski definition) is 5. The van der Waals surface area contributed by atoms with Gasteiger partial charge >= 0.3 is 0 Å². The van der Waals surface area contributed by atoms with Gasteiger partial charge in [0.15, 0.2) is 5.76 Å². The van der Waals surface area contributed by atoms with Crippen molar-refractivity contribution in [1.82, 2.24) is 9.88 Å². The van der Waals surface area contributed by atoms with Gasteiger partial charge in [0.1, 0.15) is 10.6 Å². The highest BCUT2D eigenvalue weighted by atomic mass is 32.2. The zero-order valence-electron chi connectivity index (χ0n) is 10.2. The second-order valence-corrected chi connectivity index (χ2v) is 5.61. The van der Waals surface area contributed by atoms with Crippen molar-refractivity contribution in [2.45, 2.75) is 44.6 Å². The van der Waals surface area contributed by atoms with Crippen LogP contribution >= 0.6 is 0 Å². The highest BCUT2D eigenvalue weighted by Gasteiger charge is 2.23. The van der Waals surface area contributed by atoms with Crippen LogP contribution in [0.15, 0.2) is 9.42 Å². The summed E-state index contributed by atoms with van der Waals surface area (Å²) in [4.78, 5) is 0.0866. The summed E-state index contributed by atoms with van der Waals surface area (Å²) < 4.78 is 31.1. The Morgan fingerprint density at radius 3 is 2.59 bits per heavy atom. The van der Waals surface area contributed by atoms with Crippen LogP contribution in [0.25, 0.3) is 0 Å². The molecule has 1 unspecified atom stereocenters. The Kier molecular flexibility index (Phi) is 4.67. The van der Waals surface area contributed by atoms with Crippen LogP contribution in [-0.2, 0) is 10.0 Å². The van der Waals surface area contributed by atoms with Crippen molar-refractivity contribution in [1.29, 1.82) is 0 Å². The van der Waals surface area contributed by atoms with Crippen molar-refractivity contribution in [2.24, 2.45) is 0 Å². The molecule has 1 atom stereocenters. The van der Waals surface area contributed by atoms with Crippen molar-refractivity contribution >= 4 is 10.0 Å². The maximum atomic E-state index is 11.9. The van der Waals surface area contributed by atoms with Gasteiger partial charge in [-0.25, -0.2) is 13.1 Å². The number of sulfonamides is 1. The molecule has 0 aliphatic carbocycles. The Labute approximate surface area is 101 Å². The lowest BCUT2D eigenvalue weighted by Crippen LogP contribution is -2.27. The lowest BCUT2D eigenvalue weighted by molar-refractivity contribution is 0.162. The third-order valence-corrected chi connectivity index (χ3v) is 4.18. The summed E-state index contributed by atoms with van der Waals surface area (Å²) in [5, 5.41) is 12.9. The Morgan fingerprint density at radius 1 is 1.47 bits per heavy atom. The predicted molar refractivity (Wildman–Crippen MR) is 62.1 cm³/mol. The SMILES string of the molecule is CCC(O)CCNS(=O)(=O)c1c(C)noc1C. The molecule has 0 aliphatic rings.